The summed E-state index contributed by atoms with van der Waals surface area (Å²) in [7, 11) is 0. The second kappa shape index (κ2) is 4.57. The van der Waals surface area contributed by atoms with Crippen LogP contribution in [0.3, 0.4) is 0 Å². The lowest BCUT2D eigenvalue weighted by Crippen LogP contribution is -2.45. The maximum atomic E-state index is 11.7. The number of nitrogens with one attached hydrogen (secondary N) is 1. The van der Waals surface area contributed by atoms with Crippen molar-refractivity contribution < 1.29 is 4.79 Å². The zero-order chi connectivity index (χ0) is 12.5. The van der Waals surface area contributed by atoms with Gasteiger partial charge >= 0.3 is 0 Å². The molecule has 18 heavy (non-hydrogen) atoms. The van der Waals surface area contributed by atoms with Crippen LogP contribution in [0.5, 0.6) is 0 Å². The molecular weight excluding hydrogens is 228 g/mol. The van der Waals surface area contributed by atoms with E-state index in [1.807, 2.05) is 12.3 Å². The van der Waals surface area contributed by atoms with Crippen molar-refractivity contribution in [2.75, 3.05) is 18.0 Å². The highest BCUT2D eigenvalue weighted by atomic mass is 16.2. The molecule has 1 aromatic rings. The smallest absolute Gasteiger partial charge is 0.225 e. The molecule has 1 aromatic heterocycles. The Hall–Kier alpha value is -1.62. The van der Waals surface area contributed by atoms with Gasteiger partial charge in [0.2, 0.25) is 5.91 Å². The summed E-state index contributed by atoms with van der Waals surface area (Å²) < 4.78 is 0. The number of amides is 1. The maximum absolute atomic E-state index is 11.7. The normalized spacial score (nSPS) is 26.9. The van der Waals surface area contributed by atoms with Gasteiger partial charge in [-0.2, -0.15) is 0 Å². The number of nitrogens with zero attached hydrogens (tertiary/aromatic N) is 2. The summed E-state index contributed by atoms with van der Waals surface area (Å²) in [6.45, 7) is 2.22. The first-order valence-electron chi connectivity index (χ1n) is 6.49. The topological polar surface area (TPSA) is 71.2 Å². The summed E-state index contributed by atoms with van der Waals surface area (Å²) >= 11 is 0. The number of carbonyl (C=O) groups excluding carboxylic acids is 1. The number of aromatic nitrogens is 1. The first kappa shape index (κ1) is 11.5. The van der Waals surface area contributed by atoms with Gasteiger partial charge in [0.25, 0.3) is 0 Å². The highest BCUT2D eigenvalue weighted by Gasteiger charge is 2.40. The molecule has 0 saturated carbocycles. The molecule has 1 amide bonds. The largest absolute Gasteiger partial charge is 0.365 e. The van der Waals surface area contributed by atoms with E-state index in [9.17, 15) is 4.79 Å². The van der Waals surface area contributed by atoms with Crippen molar-refractivity contribution in [2.45, 2.75) is 25.4 Å². The summed E-state index contributed by atoms with van der Waals surface area (Å²) in [4.78, 5) is 18.4. The fourth-order valence-corrected chi connectivity index (χ4v) is 2.98. The van der Waals surface area contributed by atoms with Crippen molar-refractivity contribution in [3.05, 3.63) is 24.0 Å². The van der Waals surface area contributed by atoms with Crippen molar-refractivity contribution in [3.8, 4) is 0 Å². The predicted octanol–water partition coefficient (Wildman–Crippen LogP) is 0.255. The molecule has 5 heteroatoms. The number of hydrogen-bond acceptors (Lipinski definition) is 4. The highest BCUT2D eigenvalue weighted by Crippen LogP contribution is 2.31. The van der Waals surface area contributed by atoms with Crippen LogP contribution in [0.15, 0.2) is 18.3 Å². The molecule has 3 heterocycles. The molecule has 2 saturated heterocycles. The average Bonchev–Trinajstić information content (AvgIpc) is 2.81. The molecule has 3 N–H and O–H groups in total. The van der Waals surface area contributed by atoms with Gasteiger partial charge in [-0.3, -0.25) is 9.78 Å². The third-order valence-electron chi connectivity index (χ3n) is 3.95. The Balaban J connectivity index is 1.84. The van der Waals surface area contributed by atoms with Gasteiger partial charge < -0.3 is 16.0 Å². The molecule has 0 spiro atoms. The molecule has 3 rings (SSSR count). The Morgan fingerprint density at radius 1 is 1.50 bits per heavy atom. The average molecular weight is 246 g/mol. The minimum Gasteiger partial charge on any atom is -0.365 e. The molecule has 0 bridgehead atoms. The van der Waals surface area contributed by atoms with E-state index < -0.39 is 0 Å². The van der Waals surface area contributed by atoms with E-state index in [4.69, 9.17) is 5.73 Å². The van der Waals surface area contributed by atoms with Gasteiger partial charge in [-0.15, -0.1) is 0 Å². The summed E-state index contributed by atoms with van der Waals surface area (Å²) in [5, 5.41) is 2.96. The molecular formula is C13H18N4O. The van der Waals surface area contributed by atoms with Crippen LogP contribution in [0.25, 0.3) is 0 Å². The summed E-state index contributed by atoms with van der Waals surface area (Å²) in [5.74, 6) is 0.351. The van der Waals surface area contributed by atoms with E-state index >= 15 is 0 Å². The number of carbonyl (C=O) groups is 1. The minimum absolute atomic E-state index is 0.146. The van der Waals surface area contributed by atoms with Crippen LogP contribution >= 0.6 is 0 Å². The number of pyridine rings is 1. The van der Waals surface area contributed by atoms with Crippen LogP contribution in [0.4, 0.5) is 5.69 Å². The van der Waals surface area contributed by atoms with Gasteiger partial charge in [0.15, 0.2) is 0 Å². The fraction of sp³-hybridized carbons (Fsp3) is 0.538. The van der Waals surface area contributed by atoms with Crippen molar-refractivity contribution in [3.63, 3.8) is 0 Å². The van der Waals surface area contributed by atoms with E-state index in [1.165, 1.54) is 0 Å². The lowest BCUT2D eigenvalue weighted by Gasteiger charge is -2.37. The fourth-order valence-electron chi connectivity index (χ4n) is 2.98. The zero-order valence-electron chi connectivity index (χ0n) is 10.3. The Bertz CT molecular complexity index is 445. The standard InChI is InChI=1S/C13H18N4O/c14-6-9-3-4-10(7-15-9)17-5-1-2-11-12(17)8-16-13(11)18/h3-4,7,11-12H,1-2,5-6,8,14H2,(H,16,18). The number of piperidine rings is 1. The molecule has 96 valence electrons. The molecule has 2 aliphatic rings. The Morgan fingerprint density at radius 2 is 2.39 bits per heavy atom. The molecule has 2 atom stereocenters. The number of fused-ring (bicyclic) bond motifs is 1. The second-order valence-corrected chi connectivity index (χ2v) is 4.97. The molecule has 2 fully saturated rings. The molecule has 2 unspecified atom stereocenters. The van der Waals surface area contributed by atoms with Crippen LogP contribution in [-0.4, -0.2) is 30.0 Å². The lowest BCUT2D eigenvalue weighted by molar-refractivity contribution is -0.122. The Morgan fingerprint density at radius 3 is 3.11 bits per heavy atom. The predicted molar refractivity (Wildman–Crippen MR) is 69.0 cm³/mol. The molecule has 0 aliphatic carbocycles. The number of rotatable bonds is 2. The molecule has 0 radical (unpaired) electrons. The van der Waals surface area contributed by atoms with E-state index in [1.54, 1.807) is 0 Å². The number of anilines is 1. The van der Waals surface area contributed by atoms with E-state index in [0.29, 0.717) is 6.54 Å². The van der Waals surface area contributed by atoms with Gasteiger partial charge in [-0.25, -0.2) is 0 Å². The van der Waals surface area contributed by atoms with Crippen molar-refractivity contribution >= 4 is 11.6 Å². The monoisotopic (exact) mass is 246 g/mol. The van der Waals surface area contributed by atoms with Crippen molar-refractivity contribution in [2.24, 2.45) is 11.7 Å². The first-order valence-corrected chi connectivity index (χ1v) is 6.49. The SMILES string of the molecule is NCc1ccc(N2CCCC3C(=O)NCC32)cn1. The van der Waals surface area contributed by atoms with Crippen LogP contribution in [-0.2, 0) is 11.3 Å². The van der Waals surface area contributed by atoms with Crippen molar-refractivity contribution in [1.29, 1.82) is 0 Å². The quantitative estimate of drug-likeness (QED) is 0.785. The summed E-state index contributed by atoms with van der Waals surface area (Å²) in [6.07, 6.45) is 3.93. The molecule has 5 nitrogen and oxygen atoms in total. The van der Waals surface area contributed by atoms with Crippen LogP contribution in [0, 0.1) is 5.92 Å². The van der Waals surface area contributed by atoms with Gasteiger partial charge in [0.1, 0.15) is 0 Å². The van der Waals surface area contributed by atoms with E-state index in [-0.39, 0.29) is 17.9 Å². The van der Waals surface area contributed by atoms with Crippen LogP contribution in [0.1, 0.15) is 18.5 Å². The van der Waals surface area contributed by atoms with Crippen molar-refractivity contribution in [1.82, 2.24) is 10.3 Å². The van der Waals surface area contributed by atoms with E-state index in [2.05, 4.69) is 21.3 Å². The third-order valence-corrected chi connectivity index (χ3v) is 3.95. The van der Waals surface area contributed by atoms with Gasteiger partial charge in [-0.1, -0.05) is 0 Å². The molecule has 0 aromatic carbocycles. The number of nitrogens with two attached hydrogens (primary N) is 1. The minimum atomic E-state index is 0.146. The third kappa shape index (κ3) is 1.84. The molecule has 2 aliphatic heterocycles. The Kier molecular flexibility index (Phi) is 2.91. The van der Waals surface area contributed by atoms with Gasteiger partial charge in [-0.05, 0) is 25.0 Å². The summed E-state index contributed by atoms with van der Waals surface area (Å²) in [5.41, 5.74) is 7.54. The van der Waals surface area contributed by atoms with E-state index in [0.717, 1.165) is 37.3 Å². The maximum Gasteiger partial charge on any atom is 0.225 e. The summed E-state index contributed by atoms with van der Waals surface area (Å²) in [6, 6.07) is 4.31. The van der Waals surface area contributed by atoms with Gasteiger partial charge in [0.05, 0.1) is 29.5 Å². The van der Waals surface area contributed by atoms with Crippen LogP contribution in [0.2, 0.25) is 0 Å². The second-order valence-electron chi connectivity index (χ2n) is 4.97. The first-order chi connectivity index (χ1) is 8.79. The zero-order valence-corrected chi connectivity index (χ0v) is 10.3. The lowest BCUT2D eigenvalue weighted by atomic mass is 9.91. The Labute approximate surface area is 106 Å². The highest BCUT2D eigenvalue weighted by molar-refractivity contribution is 5.83. The van der Waals surface area contributed by atoms with Crippen LogP contribution < -0.4 is 16.0 Å². The number of hydrogen-bond donors (Lipinski definition) is 2. The van der Waals surface area contributed by atoms with Gasteiger partial charge in [0, 0.05) is 19.6 Å².